The molecule has 2 aromatic carbocycles. The van der Waals surface area contributed by atoms with Crippen LogP contribution in [-0.2, 0) is 4.79 Å². The number of anilines is 1. The SMILES string of the molecule is C#CCOc1c(Br)cc(/C=C2/SC(=S)N(c3ccc4c(c3)OCO4)C2=O)cc1OCC. The van der Waals surface area contributed by atoms with Crippen LogP contribution in [0.4, 0.5) is 5.69 Å². The summed E-state index contributed by atoms with van der Waals surface area (Å²) in [5.74, 6) is 4.51. The van der Waals surface area contributed by atoms with Gasteiger partial charge in [0.25, 0.3) is 5.91 Å². The van der Waals surface area contributed by atoms with Gasteiger partial charge in [-0.15, -0.1) is 6.42 Å². The van der Waals surface area contributed by atoms with Gasteiger partial charge in [-0.1, -0.05) is 29.9 Å². The third-order valence-corrected chi connectivity index (χ3v) is 6.23. The fourth-order valence-electron chi connectivity index (χ4n) is 3.05. The van der Waals surface area contributed by atoms with E-state index in [4.69, 9.17) is 37.6 Å². The lowest BCUT2D eigenvalue weighted by Crippen LogP contribution is -2.27. The molecule has 2 heterocycles. The zero-order valence-electron chi connectivity index (χ0n) is 16.3. The normalized spacial score (nSPS) is 16.0. The van der Waals surface area contributed by atoms with Crippen LogP contribution in [0.15, 0.2) is 39.7 Å². The van der Waals surface area contributed by atoms with Crippen molar-refractivity contribution in [2.24, 2.45) is 0 Å². The monoisotopic (exact) mass is 517 g/mol. The predicted molar refractivity (Wildman–Crippen MR) is 128 cm³/mol. The first-order valence-electron chi connectivity index (χ1n) is 9.22. The first-order chi connectivity index (χ1) is 15.0. The molecule has 0 spiro atoms. The van der Waals surface area contributed by atoms with Gasteiger partial charge in [0.15, 0.2) is 27.3 Å². The largest absolute Gasteiger partial charge is 0.490 e. The van der Waals surface area contributed by atoms with Crippen molar-refractivity contribution in [2.45, 2.75) is 6.92 Å². The van der Waals surface area contributed by atoms with Crippen molar-refractivity contribution in [3.8, 4) is 35.3 Å². The fraction of sp³-hybridized carbons (Fsp3) is 0.182. The molecule has 2 aliphatic rings. The Morgan fingerprint density at radius 2 is 2.10 bits per heavy atom. The Morgan fingerprint density at radius 3 is 2.87 bits per heavy atom. The van der Waals surface area contributed by atoms with Gasteiger partial charge in [0.1, 0.15) is 6.61 Å². The lowest BCUT2D eigenvalue weighted by atomic mass is 10.1. The fourth-order valence-corrected chi connectivity index (χ4v) is 4.93. The molecule has 1 fully saturated rings. The molecule has 31 heavy (non-hydrogen) atoms. The van der Waals surface area contributed by atoms with Crippen LogP contribution in [0.3, 0.4) is 0 Å². The zero-order valence-corrected chi connectivity index (χ0v) is 19.6. The minimum absolute atomic E-state index is 0.117. The highest BCUT2D eigenvalue weighted by molar-refractivity contribution is 9.10. The molecule has 1 amide bonds. The highest BCUT2D eigenvalue weighted by atomic mass is 79.9. The molecule has 6 nitrogen and oxygen atoms in total. The van der Waals surface area contributed by atoms with Crippen LogP contribution >= 0.6 is 39.9 Å². The van der Waals surface area contributed by atoms with E-state index in [0.29, 0.717) is 49.0 Å². The van der Waals surface area contributed by atoms with E-state index < -0.39 is 0 Å². The second kappa shape index (κ2) is 9.22. The number of fused-ring (bicyclic) bond motifs is 1. The lowest BCUT2D eigenvalue weighted by Gasteiger charge is -2.15. The number of hydrogen-bond acceptors (Lipinski definition) is 7. The average Bonchev–Trinajstić information content (AvgIpc) is 3.31. The van der Waals surface area contributed by atoms with E-state index in [0.717, 1.165) is 5.56 Å². The number of benzene rings is 2. The summed E-state index contributed by atoms with van der Waals surface area (Å²) in [5.41, 5.74) is 1.39. The lowest BCUT2D eigenvalue weighted by molar-refractivity contribution is -0.113. The second-order valence-electron chi connectivity index (χ2n) is 6.31. The molecule has 0 saturated carbocycles. The molecule has 2 aliphatic heterocycles. The average molecular weight is 518 g/mol. The zero-order chi connectivity index (χ0) is 22.0. The van der Waals surface area contributed by atoms with Crippen LogP contribution in [-0.4, -0.2) is 30.2 Å². The number of ether oxygens (including phenoxy) is 4. The second-order valence-corrected chi connectivity index (χ2v) is 8.84. The summed E-state index contributed by atoms with van der Waals surface area (Å²) >= 11 is 10.2. The van der Waals surface area contributed by atoms with Crippen LogP contribution in [0, 0.1) is 12.3 Å². The molecule has 0 aromatic heterocycles. The quantitative estimate of drug-likeness (QED) is 0.303. The van der Waals surface area contributed by atoms with Gasteiger partial charge in [-0.25, -0.2) is 0 Å². The maximum atomic E-state index is 13.1. The van der Waals surface area contributed by atoms with Gasteiger partial charge in [-0.3, -0.25) is 9.69 Å². The third-order valence-electron chi connectivity index (χ3n) is 4.34. The highest BCUT2D eigenvalue weighted by Gasteiger charge is 2.34. The number of halogens is 1. The summed E-state index contributed by atoms with van der Waals surface area (Å²) in [7, 11) is 0. The molecule has 4 rings (SSSR count). The molecule has 0 unspecified atom stereocenters. The summed E-state index contributed by atoms with van der Waals surface area (Å²) in [4.78, 5) is 15.1. The summed E-state index contributed by atoms with van der Waals surface area (Å²) < 4.78 is 23.1. The third kappa shape index (κ3) is 4.37. The molecule has 9 heteroatoms. The van der Waals surface area contributed by atoms with E-state index in [1.807, 2.05) is 13.0 Å². The molecule has 0 atom stereocenters. The van der Waals surface area contributed by atoms with Crippen molar-refractivity contribution in [3.63, 3.8) is 0 Å². The topological polar surface area (TPSA) is 57.2 Å². The number of thioether (sulfide) groups is 1. The first kappa shape index (κ1) is 21.6. The molecule has 0 radical (unpaired) electrons. The molecule has 0 aliphatic carbocycles. The van der Waals surface area contributed by atoms with E-state index in [9.17, 15) is 4.79 Å². The Hall–Kier alpha value is -2.67. The maximum Gasteiger partial charge on any atom is 0.270 e. The minimum Gasteiger partial charge on any atom is -0.490 e. The summed E-state index contributed by atoms with van der Waals surface area (Å²) in [6, 6.07) is 8.93. The van der Waals surface area contributed by atoms with Crippen molar-refractivity contribution in [1.29, 1.82) is 0 Å². The number of thiocarbonyl (C=S) groups is 1. The number of rotatable bonds is 6. The van der Waals surface area contributed by atoms with Crippen LogP contribution in [0.25, 0.3) is 6.08 Å². The Kier molecular flexibility index (Phi) is 6.41. The molecule has 1 saturated heterocycles. The van der Waals surface area contributed by atoms with E-state index in [1.165, 1.54) is 16.7 Å². The molecular formula is C22H16BrNO5S2. The molecule has 0 N–H and O–H groups in total. The number of carbonyl (C=O) groups excluding carboxylic acids is 1. The van der Waals surface area contributed by atoms with E-state index >= 15 is 0 Å². The van der Waals surface area contributed by atoms with Crippen molar-refractivity contribution in [1.82, 2.24) is 0 Å². The van der Waals surface area contributed by atoms with Gasteiger partial charge < -0.3 is 18.9 Å². The Morgan fingerprint density at radius 1 is 1.29 bits per heavy atom. The Labute approximate surface area is 197 Å². The number of carbonyl (C=O) groups is 1. The first-order valence-corrected chi connectivity index (χ1v) is 11.2. The van der Waals surface area contributed by atoms with Gasteiger partial charge in [-0.05, 0) is 58.8 Å². The van der Waals surface area contributed by atoms with Crippen LogP contribution in [0.1, 0.15) is 12.5 Å². The predicted octanol–water partition coefficient (Wildman–Crippen LogP) is 4.99. The minimum atomic E-state index is -0.212. The van der Waals surface area contributed by atoms with E-state index in [-0.39, 0.29) is 19.3 Å². The van der Waals surface area contributed by atoms with Crippen LogP contribution in [0.2, 0.25) is 0 Å². The Bertz CT molecular complexity index is 1140. The highest BCUT2D eigenvalue weighted by Crippen LogP contribution is 2.42. The van der Waals surface area contributed by atoms with Crippen molar-refractivity contribution < 1.29 is 23.7 Å². The van der Waals surface area contributed by atoms with E-state index in [1.54, 1.807) is 30.3 Å². The van der Waals surface area contributed by atoms with Gasteiger partial charge >= 0.3 is 0 Å². The van der Waals surface area contributed by atoms with Crippen molar-refractivity contribution in [3.05, 3.63) is 45.3 Å². The summed E-state index contributed by atoms with van der Waals surface area (Å²) in [6.45, 7) is 2.61. The number of amides is 1. The number of terminal acetylenes is 1. The van der Waals surface area contributed by atoms with Gasteiger partial charge in [0.2, 0.25) is 6.79 Å². The van der Waals surface area contributed by atoms with Crippen LogP contribution < -0.4 is 23.8 Å². The molecule has 0 bridgehead atoms. The molecule has 2 aromatic rings. The number of hydrogen-bond donors (Lipinski definition) is 0. The number of nitrogens with zero attached hydrogens (tertiary/aromatic N) is 1. The Balaban J connectivity index is 1.64. The summed E-state index contributed by atoms with van der Waals surface area (Å²) in [6.07, 6.45) is 7.06. The van der Waals surface area contributed by atoms with Crippen molar-refractivity contribution >= 4 is 61.9 Å². The van der Waals surface area contributed by atoms with Gasteiger partial charge in [0, 0.05) is 6.07 Å². The van der Waals surface area contributed by atoms with Gasteiger partial charge in [-0.2, -0.15) is 0 Å². The smallest absolute Gasteiger partial charge is 0.270 e. The maximum absolute atomic E-state index is 13.1. The van der Waals surface area contributed by atoms with Crippen molar-refractivity contribution in [2.75, 3.05) is 24.9 Å². The van der Waals surface area contributed by atoms with Crippen LogP contribution in [0.5, 0.6) is 23.0 Å². The van der Waals surface area contributed by atoms with E-state index in [2.05, 4.69) is 21.9 Å². The van der Waals surface area contributed by atoms with Gasteiger partial charge in [0.05, 0.1) is 21.7 Å². The molecule has 158 valence electrons. The standard InChI is InChI=1S/C22H16BrNO5S2/c1-3-7-27-20-15(23)8-13(9-18(20)26-4-2)10-19-21(25)24(22(30)31-19)14-5-6-16-17(11-14)29-12-28-16/h1,5-6,8-11H,4,7,12H2,2H3/b19-10+. The molecular weight excluding hydrogens is 502 g/mol. The summed E-state index contributed by atoms with van der Waals surface area (Å²) in [5, 5.41) is 0.